The Kier molecular flexibility index (Phi) is 3.85. The second-order valence-electron chi connectivity index (χ2n) is 5.65. The molecular formula is C17H17NO4S. The van der Waals surface area contributed by atoms with Gasteiger partial charge in [0.05, 0.1) is 16.1 Å². The molecule has 0 fully saturated rings. The molecular weight excluding hydrogens is 314 g/mol. The van der Waals surface area contributed by atoms with Crippen molar-refractivity contribution in [2.45, 2.75) is 30.7 Å². The molecule has 0 saturated heterocycles. The molecule has 120 valence electrons. The molecule has 0 aliphatic carbocycles. The van der Waals surface area contributed by atoms with Gasteiger partial charge in [0.25, 0.3) is 10.0 Å². The van der Waals surface area contributed by atoms with E-state index < -0.39 is 16.0 Å². The summed E-state index contributed by atoms with van der Waals surface area (Å²) in [5, 5.41) is 9.09. The molecule has 1 heterocycles. The highest BCUT2D eigenvalue weighted by atomic mass is 32.2. The fourth-order valence-corrected chi connectivity index (χ4v) is 4.70. The van der Waals surface area contributed by atoms with Crippen LogP contribution >= 0.6 is 0 Å². The number of hydrogen-bond donors (Lipinski definition) is 1. The average molecular weight is 331 g/mol. The van der Waals surface area contributed by atoms with E-state index in [1.807, 2.05) is 25.1 Å². The van der Waals surface area contributed by atoms with Crippen molar-refractivity contribution in [2.75, 3.05) is 4.31 Å². The molecule has 1 atom stereocenters. The van der Waals surface area contributed by atoms with Crippen LogP contribution in [-0.4, -0.2) is 25.5 Å². The Morgan fingerprint density at radius 3 is 2.65 bits per heavy atom. The summed E-state index contributed by atoms with van der Waals surface area (Å²) < 4.78 is 27.5. The molecule has 5 nitrogen and oxygen atoms in total. The zero-order valence-electron chi connectivity index (χ0n) is 12.6. The minimum atomic E-state index is -3.81. The first-order valence-electron chi connectivity index (χ1n) is 7.37. The fourth-order valence-electron chi connectivity index (χ4n) is 2.93. The Morgan fingerprint density at radius 1 is 1.17 bits per heavy atom. The van der Waals surface area contributed by atoms with Crippen LogP contribution in [0.1, 0.15) is 29.3 Å². The van der Waals surface area contributed by atoms with Crippen LogP contribution < -0.4 is 4.31 Å². The molecule has 1 aliphatic rings. The number of carbonyl (C=O) groups is 1. The van der Waals surface area contributed by atoms with Gasteiger partial charge in [0.2, 0.25) is 0 Å². The number of carboxylic acid groups (broad SMARTS) is 1. The normalized spacial score (nSPS) is 17.6. The van der Waals surface area contributed by atoms with Gasteiger partial charge in [0.15, 0.2) is 0 Å². The zero-order valence-corrected chi connectivity index (χ0v) is 13.5. The van der Waals surface area contributed by atoms with Crippen LogP contribution in [0, 0.1) is 0 Å². The number of hydrogen-bond acceptors (Lipinski definition) is 3. The minimum absolute atomic E-state index is 0.000882. The van der Waals surface area contributed by atoms with Gasteiger partial charge in [0, 0.05) is 6.04 Å². The Morgan fingerprint density at radius 2 is 1.91 bits per heavy atom. The minimum Gasteiger partial charge on any atom is -0.478 e. The second kappa shape index (κ2) is 5.70. The zero-order chi connectivity index (χ0) is 16.6. The van der Waals surface area contributed by atoms with Crippen molar-refractivity contribution in [3.8, 4) is 0 Å². The SMILES string of the molecule is C[C@H]1CCc2ccccc2N1S(=O)(=O)c1cccc(C(=O)O)c1. The van der Waals surface area contributed by atoms with Gasteiger partial charge in [0.1, 0.15) is 0 Å². The molecule has 0 radical (unpaired) electrons. The van der Waals surface area contributed by atoms with Gasteiger partial charge < -0.3 is 5.11 Å². The Balaban J connectivity index is 2.13. The van der Waals surface area contributed by atoms with Gasteiger partial charge in [-0.25, -0.2) is 13.2 Å². The number of fused-ring (bicyclic) bond motifs is 1. The molecule has 0 saturated carbocycles. The standard InChI is InChI=1S/C17H17NO4S/c1-12-9-10-13-5-2-3-8-16(13)18(12)23(21,22)15-7-4-6-14(11-15)17(19)20/h2-8,11-12H,9-10H2,1H3,(H,19,20)/t12-/m0/s1. The summed E-state index contributed by atoms with van der Waals surface area (Å²) >= 11 is 0. The summed E-state index contributed by atoms with van der Waals surface area (Å²) in [6, 6.07) is 12.7. The van der Waals surface area contributed by atoms with Gasteiger partial charge in [-0.3, -0.25) is 4.31 Å². The predicted molar refractivity (Wildman–Crippen MR) is 87.3 cm³/mol. The van der Waals surface area contributed by atoms with E-state index in [9.17, 15) is 13.2 Å². The van der Waals surface area contributed by atoms with Gasteiger partial charge in [-0.1, -0.05) is 24.3 Å². The molecule has 3 rings (SSSR count). The third-order valence-electron chi connectivity index (χ3n) is 4.10. The number of nitrogens with zero attached hydrogens (tertiary/aromatic N) is 1. The molecule has 0 unspecified atom stereocenters. The smallest absolute Gasteiger partial charge is 0.335 e. The number of anilines is 1. The van der Waals surface area contributed by atoms with Crippen LogP contribution in [0.4, 0.5) is 5.69 Å². The monoisotopic (exact) mass is 331 g/mol. The van der Waals surface area contributed by atoms with Crippen LogP contribution in [-0.2, 0) is 16.4 Å². The maximum atomic E-state index is 13.1. The summed E-state index contributed by atoms with van der Waals surface area (Å²) in [5.41, 5.74) is 1.62. The molecule has 23 heavy (non-hydrogen) atoms. The number of aryl methyl sites for hydroxylation is 1. The third-order valence-corrected chi connectivity index (χ3v) is 6.02. The van der Waals surface area contributed by atoms with Crippen LogP contribution in [0.2, 0.25) is 0 Å². The molecule has 1 aliphatic heterocycles. The van der Waals surface area contributed by atoms with Crippen molar-refractivity contribution in [1.29, 1.82) is 0 Å². The van der Waals surface area contributed by atoms with E-state index >= 15 is 0 Å². The lowest BCUT2D eigenvalue weighted by molar-refractivity contribution is 0.0696. The van der Waals surface area contributed by atoms with Crippen LogP contribution in [0.15, 0.2) is 53.4 Å². The highest BCUT2D eigenvalue weighted by Crippen LogP contribution is 2.35. The summed E-state index contributed by atoms with van der Waals surface area (Å²) in [4.78, 5) is 11.1. The number of benzene rings is 2. The summed E-state index contributed by atoms with van der Waals surface area (Å²) in [5.74, 6) is -1.14. The first kappa shape index (κ1) is 15.6. The maximum absolute atomic E-state index is 13.1. The quantitative estimate of drug-likeness (QED) is 0.938. The molecule has 2 aromatic carbocycles. The molecule has 0 spiro atoms. The van der Waals surface area contributed by atoms with Gasteiger partial charge in [-0.15, -0.1) is 0 Å². The molecule has 0 amide bonds. The van der Waals surface area contributed by atoms with Crippen molar-refractivity contribution in [2.24, 2.45) is 0 Å². The van der Waals surface area contributed by atoms with Crippen molar-refractivity contribution in [3.05, 3.63) is 59.7 Å². The number of aromatic carboxylic acids is 1. The van der Waals surface area contributed by atoms with Crippen LogP contribution in [0.3, 0.4) is 0 Å². The largest absolute Gasteiger partial charge is 0.478 e. The predicted octanol–water partition coefficient (Wildman–Crippen LogP) is 2.91. The van der Waals surface area contributed by atoms with Gasteiger partial charge in [-0.05, 0) is 49.6 Å². The third kappa shape index (κ3) is 2.70. The molecule has 1 N–H and O–H groups in total. The van der Waals surface area contributed by atoms with Crippen LogP contribution in [0.5, 0.6) is 0 Å². The van der Waals surface area contributed by atoms with Crippen molar-refractivity contribution < 1.29 is 18.3 Å². The van der Waals surface area contributed by atoms with Gasteiger partial charge in [-0.2, -0.15) is 0 Å². The molecule has 2 aromatic rings. The van der Waals surface area contributed by atoms with Crippen molar-refractivity contribution in [3.63, 3.8) is 0 Å². The first-order chi connectivity index (χ1) is 10.9. The number of carboxylic acids is 1. The highest BCUT2D eigenvalue weighted by Gasteiger charge is 2.33. The summed E-state index contributed by atoms with van der Waals surface area (Å²) in [6.07, 6.45) is 1.56. The number of rotatable bonds is 3. The van der Waals surface area contributed by atoms with E-state index in [2.05, 4.69) is 0 Å². The van der Waals surface area contributed by atoms with E-state index in [-0.39, 0.29) is 16.5 Å². The number of para-hydroxylation sites is 1. The topological polar surface area (TPSA) is 74.7 Å². The number of sulfonamides is 1. The molecule has 0 bridgehead atoms. The lowest BCUT2D eigenvalue weighted by Crippen LogP contribution is -2.42. The average Bonchev–Trinajstić information content (AvgIpc) is 2.54. The van der Waals surface area contributed by atoms with Crippen molar-refractivity contribution in [1.82, 2.24) is 0 Å². The first-order valence-corrected chi connectivity index (χ1v) is 8.81. The Labute approximate surface area is 135 Å². The van der Waals surface area contributed by atoms with Gasteiger partial charge >= 0.3 is 5.97 Å². The van der Waals surface area contributed by atoms with E-state index in [4.69, 9.17) is 5.11 Å². The van der Waals surface area contributed by atoms with E-state index in [0.29, 0.717) is 5.69 Å². The summed E-state index contributed by atoms with van der Waals surface area (Å²) in [6.45, 7) is 1.87. The lowest BCUT2D eigenvalue weighted by Gasteiger charge is -2.36. The summed E-state index contributed by atoms with van der Waals surface area (Å²) in [7, 11) is -3.81. The molecule has 0 aromatic heterocycles. The maximum Gasteiger partial charge on any atom is 0.335 e. The van der Waals surface area contributed by atoms with Crippen LogP contribution in [0.25, 0.3) is 0 Å². The highest BCUT2D eigenvalue weighted by molar-refractivity contribution is 7.92. The molecule has 6 heteroatoms. The lowest BCUT2D eigenvalue weighted by atomic mass is 9.99. The Hall–Kier alpha value is -2.34. The van der Waals surface area contributed by atoms with E-state index in [0.717, 1.165) is 18.4 Å². The van der Waals surface area contributed by atoms with Crippen molar-refractivity contribution >= 4 is 21.7 Å². The Bertz CT molecular complexity index is 860. The van der Waals surface area contributed by atoms with E-state index in [1.165, 1.54) is 28.6 Å². The second-order valence-corrected chi connectivity index (χ2v) is 7.47. The van der Waals surface area contributed by atoms with E-state index in [1.54, 1.807) is 6.07 Å². The fraction of sp³-hybridized carbons (Fsp3) is 0.235.